The van der Waals surface area contributed by atoms with E-state index in [-0.39, 0.29) is 11.3 Å². The maximum absolute atomic E-state index is 13.8. The first-order chi connectivity index (χ1) is 18.3. The summed E-state index contributed by atoms with van der Waals surface area (Å²) in [6.07, 6.45) is -2.45. The average molecular weight is 515 g/mol. The first-order valence-electron chi connectivity index (χ1n) is 12.1. The van der Waals surface area contributed by atoms with Crippen molar-refractivity contribution in [3.63, 3.8) is 0 Å². The molecule has 2 N–H and O–H groups in total. The number of pyridine rings is 1. The summed E-state index contributed by atoms with van der Waals surface area (Å²) < 4.78 is 46.6. The van der Waals surface area contributed by atoms with Gasteiger partial charge in [0.1, 0.15) is 11.5 Å². The van der Waals surface area contributed by atoms with E-state index in [2.05, 4.69) is 10.3 Å². The zero-order valence-corrected chi connectivity index (χ0v) is 20.6. The monoisotopic (exact) mass is 514 g/mol. The van der Waals surface area contributed by atoms with Crippen molar-refractivity contribution >= 4 is 16.6 Å². The molecule has 0 saturated carbocycles. The van der Waals surface area contributed by atoms with Crippen molar-refractivity contribution in [3.8, 4) is 22.6 Å². The SMILES string of the molecule is COc1ccc(CNc2cccc(-c3c(Cc4ccccc4)cnc4c(C(F)(F)F)cccc34)c2)c(O)c1. The third-order valence-corrected chi connectivity index (χ3v) is 6.45. The molecule has 0 amide bonds. The minimum Gasteiger partial charge on any atom is -0.507 e. The molecule has 4 nitrogen and oxygen atoms in total. The first kappa shape index (κ1) is 25.1. The Morgan fingerprint density at radius 3 is 2.39 bits per heavy atom. The quantitative estimate of drug-likeness (QED) is 0.232. The predicted octanol–water partition coefficient (Wildman–Crippen LogP) is 7.84. The van der Waals surface area contributed by atoms with Crippen LogP contribution in [0.15, 0.2) is 97.2 Å². The van der Waals surface area contributed by atoms with Crippen molar-refractivity contribution in [2.45, 2.75) is 19.1 Å². The number of hydrogen-bond acceptors (Lipinski definition) is 4. The molecule has 0 aliphatic heterocycles. The van der Waals surface area contributed by atoms with Gasteiger partial charge in [-0.05, 0) is 59.0 Å². The molecule has 0 aliphatic rings. The second-order valence-corrected chi connectivity index (χ2v) is 8.95. The van der Waals surface area contributed by atoms with E-state index in [9.17, 15) is 18.3 Å². The first-order valence-corrected chi connectivity index (χ1v) is 12.1. The fourth-order valence-corrected chi connectivity index (χ4v) is 4.59. The molecule has 38 heavy (non-hydrogen) atoms. The number of rotatable bonds is 7. The zero-order chi connectivity index (χ0) is 26.7. The number of alkyl halides is 3. The number of phenolic OH excluding ortho intramolecular Hbond substituents is 1. The third-order valence-electron chi connectivity index (χ3n) is 6.45. The smallest absolute Gasteiger partial charge is 0.418 e. The number of nitrogens with zero attached hydrogens (tertiary/aromatic N) is 1. The molecule has 5 rings (SSSR count). The van der Waals surface area contributed by atoms with Gasteiger partial charge in [0.15, 0.2) is 0 Å². The van der Waals surface area contributed by atoms with E-state index in [4.69, 9.17) is 4.74 Å². The molecule has 0 saturated heterocycles. The lowest BCUT2D eigenvalue weighted by molar-refractivity contribution is -0.136. The Bertz CT molecular complexity index is 1580. The zero-order valence-electron chi connectivity index (χ0n) is 20.6. The van der Waals surface area contributed by atoms with Gasteiger partial charge in [-0.25, -0.2) is 0 Å². The molecular formula is C31H25F3N2O2. The fourth-order valence-electron chi connectivity index (χ4n) is 4.59. The number of hydrogen-bond donors (Lipinski definition) is 2. The highest BCUT2D eigenvalue weighted by Crippen LogP contribution is 2.39. The van der Waals surface area contributed by atoms with Crippen LogP contribution in [-0.2, 0) is 19.1 Å². The number of methoxy groups -OCH3 is 1. The Morgan fingerprint density at radius 2 is 1.66 bits per heavy atom. The van der Waals surface area contributed by atoms with E-state index in [0.717, 1.165) is 28.4 Å². The van der Waals surface area contributed by atoms with Crippen LogP contribution in [0, 0.1) is 0 Å². The van der Waals surface area contributed by atoms with E-state index in [0.29, 0.717) is 35.2 Å². The number of nitrogens with one attached hydrogen (secondary N) is 1. The largest absolute Gasteiger partial charge is 0.507 e. The van der Waals surface area contributed by atoms with Crippen LogP contribution in [0.2, 0.25) is 0 Å². The Hall–Kier alpha value is -4.52. The molecule has 0 fully saturated rings. The van der Waals surface area contributed by atoms with Crippen molar-refractivity contribution < 1.29 is 23.0 Å². The Kier molecular flexibility index (Phi) is 6.92. The van der Waals surface area contributed by atoms with Crippen molar-refractivity contribution in [2.24, 2.45) is 0 Å². The van der Waals surface area contributed by atoms with Crippen LogP contribution >= 0.6 is 0 Å². The molecule has 0 unspecified atom stereocenters. The summed E-state index contributed by atoms with van der Waals surface area (Å²) in [5.41, 5.74) is 3.96. The Labute approximate surface area is 218 Å². The highest BCUT2D eigenvalue weighted by molar-refractivity contribution is 5.98. The summed E-state index contributed by atoms with van der Waals surface area (Å²) in [6, 6.07) is 26.6. The summed E-state index contributed by atoms with van der Waals surface area (Å²) in [6.45, 7) is 0.353. The summed E-state index contributed by atoms with van der Waals surface area (Å²) in [4.78, 5) is 4.28. The van der Waals surface area contributed by atoms with E-state index in [1.165, 1.54) is 13.2 Å². The number of halogens is 3. The van der Waals surface area contributed by atoms with Crippen molar-refractivity contribution in [2.75, 3.05) is 12.4 Å². The topological polar surface area (TPSA) is 54.4 Å². The number of ether oxygens (including phenoxy) is 1. The lowest BCUT2D eigenvalue weighted by atomic mass is 9.91. The van der Waals surface area contributed by atoms with Crippen LogP contribution in [0.25, 0.3) is 22.0 Å². The molecule has 1 aromatic heterocycles. The number of aromatic nitrogens is 1. The van der Waals surface area contributed by atoms with Crippen LogP contribution in [0.4, 0.5) is 18.9 Å². The summed E-state index contributed by atoms with van der Waals surface area (Å²) in [5, 5.41) is 14.0. The summed E-state index contributed by atoms with van der Waals surface area (Å²) in [5.74, 6) is 0.667. The maximum Gasteiger partial charge on any atom is 0.418 e. The van der Waals surface area contributed by atoms with Gasteiger partial charge in [-0.2, -0.15) is 13.2 Å². The standard InChI is InChI=1S/C31H25F3N2O2/c1-38-25-14-13-22(28(37)17-25)18-35-24-10-5-9-21(16-24)29-23(15-20-7-3-2-4-8-20)19-36-30-26(29)11-6-12-27(30)31(32,33)34/h2-14,16-17,19,35,37H,15,18H2,1H3. The predicted molar refractivity (Wildman–Crippen MR) is 143 cm³/mol. The van der Waals surface area contributed by atoms with Gasteiger partial charge in [-0.15, -0.1) is 0 Å². The van der Waals surface area contributed by atoms with Crippen molar-refractivity contribution in [1.29, 1.82) is 0 Å². The lowest BCUT2D eigenvalue weighted by Crippen LogP contribution is -2.07. The van der Waals surface area contributed by atoms with E-state index in [1.807, 2.05) is 54.6 Å². The van der Waals surface area contributed by atoms with Crippen molar-refractivity contribution in [1.82, 2.24) is 4.98 Å². The van der Waals surface area contributed by atoms with Crippen molar-refractivity contribution in [3.05, 3.63) is 119 Å². The summed E-state index contributed by atoms with van der Waals surface area (Å²) in [7, 11) is 1.53. The molecule has 5 aromatic rings. The van der Waals surface area contributed by atoms with Gasteiger partial charge in [-0.3, -0.25) is 4.98 Å². The van der Waals surface area contributed by atoms with Crippen LogP contribution in [0.3, 0.4) is 0 Å². The van der Waals surface area contributed by atoms with Gasteiger partial charge in [0.05, 0.1) is 18.2 Å². The van der Waals surface area contributed by atoms with Crippen LogP contribution < -0.4 is 10.1 Å². The second kappa shape index (κ2) is 10.5. The molecule has 192 valence electrons. The van der Waals surface area contributed by atoms with E-state index in [1.54, 1.807) is 30.5 Å². The molecular weight excluding hydrogens is 489 g/mol. The average Bonchev–Trinajstić information content (AvgIpc) is 2.92. The van der Waals surface area contributed by atoms with Crippen LogP contribution in [0.1, 0.15) is 22.3 Å². The molecule has 0 spiro atoms. The molecule has 0 aliphatic carbocycles. The number of fused-ring (bicyclic) bond motifs is 1. The highest BCUT2D eigenvalue weighted by Gasteiger charge is 2.33. The fraction of sp³-hybridized carbons (Fsp3) is 0.129. The number of benzene rings is 4. The number of aromatic hydroxyl groups is 1. The third kappa shape index (κ3) is 5.27. The number of anilines is 1. The normalized spacial score (nSPS) is 11.5. The Balaban J connectivity index is 1.57. The van der Waals surface area contributed by atoms with Gasteiger partial charge < -0.3 is 15.2 Å². The van der Waals surface area contributed by atoms with Gasteiger partial charge in [0.25, 0.3) is 0 Å². The van der Waals surface area contributed by atoms with E-state index >= 15 is 0 Å². The number of para-hydroxylation sites is 1. The second-order valence-electron chi connectivity index (χ2n) is 8.95. The highest BCUT2D eigenvalue weighted by atomic mass is 19.4. The minimum atomic E-state index is -4.52. The molecule has 7 heteroatoms. The molecule has 1 heterocycles. The Morgan fingerprint density at radius 1 is 0.868 bits per heavy atom. The molecule has 0 bridgehead atoms. The van der Waals surface area contributed by atoms with E-state index < -0.39 is 11.7 Å². The summed E-state index contributed by atoms with van der Waals surface area (Å²) >= 11 is 0. The molecule has 0 radical (unpaired) electrons. The van der Waals surface area contributed by atoms with Gasteiger partial charge in [-0.1, -0.05) is 54.6 Å². The van der Waals surface area contributed by atoms with Gasteiger partial charge in [0, 0.05) is 35.4 Å². The van der Waals surface area contributed by atoms with Gasteiger partial charge in [0.2, 0.25) is 0 Å². The molecule has 4 aromatic carbocycles. The maximum atomic E-state index is 13.8. The minimum absolute atomic E-state index is 0.0756. The van der Waals surface area contributed by atoms with Crippen LogP contribution in [-0.4, -0.2) is 17.2 Å². The van der Waals surface area contributed by atoms with Crippen LogP contribution in [0.5, 0.6) is 11.5 Å². The van der Waals surface area contributed by atoms with Gasteiger partial charge >= 0.3 is 6.18 Å². The molecule has 0 atom stereocenters. The number of phenols is 1. The lowest BCUT2D eigenvalue weighted by Gasteiger charge is -2.17.